The molecule has 2 aliphatic rings. The summed E-state index contributed by atoms with van der Waals surface area (Å²) in [5, 5.41) is 87.1. The predicted molar refractivity (Wildman–Crippen MR) is 328 cm³/mol. The highest BCUT2D eigenvalue weighted by Gasteiger charge is 2.51. The van der Waals surface area contributed by atoms with Gasteiger partial charge in [0.05, 0.1) is 32.0 Å². The molecule has 14 nitrogen and oxygen atoms in total. The summed E-state index contributed by atoms with van der Waals surface area (Å²) in [6.45, 7) is 2.82. The topological polar surface area (TPSA) is 228 Å². The molecule has 0 radical (unpaired) electrons. The van der Waals surface area contributed by atoms with Gasteiger partial charge in [0.2, 0.25) is 5.91 Å². The van der Waals surface area contributed by atoms with E-state index in [2.05, 4.69) is 19.2 Å². The van der Waals surface area contributed by atoms with Crippen LogP contribution in [0.25, 0.3) is 0 Å². The quantitative estimate of drug-likeness (QED) is 0.0204. The van der Waals surface area contributed by atoms with Gasteiger partial charge >= 0.3 is 0 Å². The van der Waals surface area contributed by atoms with E-state index in [0.717, 1.165) is 38.5 Å². The molecule has 2 saturated heterocycles. The predicted octanol–water partition coefficient (Wildman–Crippen LogP) is 13.4. The van der Waals surface area contributed by atoms with Gasteiger partial charge in [0.1, 0.15) is 48.8 Å². The Balaban J connectivity index is 1.57. The van der Waals surface area contributed by atoms with Crippen molar-refractivity contribution in [2.45, 2.75) is 389 Å². The van der Waals surface area contributed by atoms with Crippen LogP contribution in [0.4, 0.5) is 0 Å². The Morgan fingerprint density at radius 2 is 0.765 bits per heavy atom. The largest absolute Gasteiger partial charge is 0.394 e. The average molecular weight is 1160 g/mol. The highest BCUT2D eigenvalue weighted by atomic mass is 16.7. The molecule has 14 heteroatoms. The maximum Gasteiger partial charge on any atom is 0.220 e. The number of allylic oxidation sites excluding steroid dienone is 1. The molecule has 480 valence electrons. The van der Waals surface area contributed by atoms with Crippen molar-refractivity contribution in [1.29, 1.82) is 0 Å². The zero-order chi connectivity index (χ0) is 58.8. The summed E-state index contributed by atoms with van der Waals surface area (Å²) in [5.74, 6) is -0.233. The molecule has 0 aromatic carbocycles. The van der Waals surface area contributed by atoms with Gasteiger partial charge in [0.25, 0.3) is 0 Å². The van der Waals surface area contributed by atoms with E-state index in [1.807, 2.05) is 6.08 Å². The van der Waals surface area contributed by atoms with Gasteiger partial charge < -0.3 is 65.1 Å². The van der Waals surface area contributed by atoms with E-state index in [1.54, 1.807) is 6.08 Å². The van der Waals surface area contributed by atoms with E-state index >= 15 is 0 Å². The van der Waals surface area contributed by atoms with Crippen molar-refractivity contribution < 1.29 is 64.6 Å². The molecule has 0 bridgehead atoms. The number of amides is 1. The molecular formula is C67H129NO13. The smallest absolute Gasteiger partial charge is 0.220 e. The van der Waals surface area contributed by atoms with Crippen molar-refractivity contribution in [2.75, 3.05) is 19.8 Å². The van der Waals surface area contributed by atoms with Crippen molar-refractivity contribution >= 4 is 5.91 Å². The van der Waals surface area contributed by atoms with Crippen LogP contribution in [0.1, 0.15) is 316 Å². The van der Waals surface area contributed by atoms with E-state index in [-0.39, 0.29) is 18.9 Å². The standard InChI is InChI=1S/C67H129NO13/c1-3-5-7-9-11-13-15-17-18-19-20-21-22-23-24-25-26-27-28-29-30-31-32-33-34-35-36-37-38-39-41-43-45-47-49-51-59(72)68-55(56(71)50-48-46-44-42-40-16-14-12-10-8-6-4-2)54-78-66-64(77)62(75)65(58(53-70)80-66)81-67-63(76)61(74)60(73)57(52-69)79-67/h48,50,55-58,60-67,69-71,73-77H,3-47,49,51-54H2,1-2H3,(H,68,72)/b50-48+. The lowest BCUT2D eigenvalue weighted by Crippen LogP contribution is -2.65. The number of carbonyl (C=O) groups is 1. The van der Waals surface area contributed by atoms with Crippen LogP contribution in [0.3, 0.4) is 0 Å². The molecule has 0 spiro atoms. The Bertz CT molecular complexity index is 1410. The number of ether oxygens (including phenoxy) is 4. The van der Waals surface area contributed by atoms with Crippen molar-refractivity contribution in [3.63, 3.8) is 0 Å². The van der Waals surface area contributed by atoms with Gasteiger partial charge in [-0.3, -0.25) is 4.79 Å². The fourth-order valence-corrected chi connectivity index (χ4v) is 11.7. The van der Waals surface area contributed by atoms with E-state index in [1.165, 1.54) is 250 Å². The highest BCUT2D eigenvalue weighted by molar-refractivity contribution is 5.76. The number of aliphatic hydroxyl groups is 8. The highest BCUT2D eigenvalue weighted by Crippen LogP contribution is 2.30. The lowest BCUT2D eigenvalue weighted by Gasteiger charge is -2.46. The van der Waals surface area contributed by atoms with Crippen molar-refractivity contribution in [3.05, 3.63) is 12.2 Å². The molecule has 81 heavy (non-hydrogen) atoms. The Kier molecular flexibility index (Phi) is 49.6. The fraction of sp³-hybridized carbons (Fsp3) is 0.955. The zero-order valence-corrected chi connectivity index (χ0v) is 52.1. The van der Waals surface area contributed by atoms with Crippen LogP contribution in [-0.4, -0.2) is 140 Å². The Hall–Kier alpha value is -1.27. The van der Waals surface area contributed by atoms with Crippen LogP contribution in [-0.2, 0) is 23.7 Å². The summed E-state index contributed by atoms with van der Waals surface area (Å²) in [6, 6.07) is -0.909. The molecule has 12 unspecified atom stereocenters. The van der Waals surface area contributed by atoms with Crippen LogP contribution in [0.15, 0.2) is 12.2 Å². The van der Waals surface area contributed by atoms with E-state index in [4.69, 9.17) is 18.9 Å². The average Bonchev–Trinajstić information content (AvgIpc) is 3.48. The Morgan fingerprint density at radius 3 is 1.14 bits per heavy atom. The minimum atomic E-state index is -1.79. The van der Waals surface area contributed by atoms with Gasteiger partial charge in [-0.15, -0.1) is 0 Å². The van der Waals surface area contributed by atoms with Gasteiger partial charge in [-0.1, -0.05) is 302 Å². The molecular weight excluding hydrogens is 1030 g/mol. The number of aliphatic hydroxyl groups excluding tert-OH is 8. The molecule has 12 atom stereocenters. The SMILES string of the molecule is CCCCCCCCCCCC/C=C/C(O)C(COC1OC(CO)C(OC2OC(CO)C(O)C(O)C2O)C(O)C1O)NC(=O)CCCCCCCCCCCCCCCCCCCCCCCCCCCCCCCCCCCCC. The summed E-state index contributed by atoms with van der Waals surface area (Å²) in [6.07, 6.45) is 47.3. The monoisotopic (exact) mass is 1160 g/mol. The van der Waals surface area contributed by atoms with Crippen LogP contribution in [0, 0.1) is 0 Å². The van der Waals surface area contributed by atoms with Crippen molar-refractivity contribution in [1.82, 2.24) is 5.32 Å². The molecule has 9 N–H and O–H groups in total. The molecule has 2 fully saturated rings. The first-order valence-corrected chi connectivity index (χ1v) is 34.4. The molecule has 2 aliphatic heterocycles. The summed E-state index contributed by atoms with van der Waals surface area (Å²) >= 11 is 0. The van der Waals surface area contributed by atoms with Gasteiger partial charge in [-0.2, -0.15) is 0 Å². The number of rotatable bonds is 57. The number of hydrogen-bond acceptors (Lipinski definition) is 13. The minimum absolute atomic E-state index is 0.233. The summed E-state index contributed by atoms with van der Waals surface area (Å²) in [5.41, 5.74) is 0. The molecule has 2 rings (SSSR count). The Labute approximate surface area is 495 Å². The molecule has 0 aromatic rings. The van der Waals surface area contributed by atoms with Gasteiger partial charge in [0.15, 0.2) is 12.6 Å². The lowest BCUT2D eigenvalue weighted by molar-refractivity contribution is -0.359. The molecule has 1 amide bonds. The minimum Gasteiger partial charge on any atom is -0.394 e. The summed E-state index contributed by atoms with van der Waals surface area (Å²) < 4.78 is 22.8. The third kappa shape index (κ3) is 37.8. The van der Waals surface area contributed by atoms with E-state index in [9.17, 15) is 45.6 Å². The second-order valence-corrected chi connectivity index (χ2v) is 24.7. The summed E-state index contributed by atoms with van der Waals surface area (Å²) in [7, 11) is 0. The van der Waals surface area contributed by atoms with Gasteiger partial charge in [-0.05, 0) is 19.3 Å². The third-order valence-electron chi connectivity index (χ3n) is 17.2. The molecule has 0 saturated carbocycles. The maximum atomic E-state index is 13.3. The first-order chi connectivity index (χ1) is 39.6. The molecule has 0 aromatic heterocycles. The summed E-state index contributed by atoms with van der Waals surface area (Å²) in [4.78, 5) is 13.3. The first-order valence-electron chi connectivity index (χ1n) is 34.4. The van der Waals surface area contributed by atoms with Crippen LogP contribution < -0.4 is 5.32 Å². The maximum absolute atomic E-state index is 13.3. The van der Waals surface area contributed by atoms with E-state index in [0.29, 0.717) is 6.42 Å². The van der Waals surface area contributed by atoms with Gasteiger partial charge in [0, 0.05) is 6.42 Å². The molecule has 0 aliphatic carbocycles. The normalized spacial score (nSPS) is 24.1. The second kappa shape index (κ2) is 53.0. The zero-order valence-electron chi connectivity index (χ0n) is 52.1. The number of carbonyl (C=O) groups excluding carboxylic acids is 1. The van der Waals surface area contributed by atoms with E-state index < -0.39 is 86.8 Å². The third-order valence-corrected chi connectivity index (χ3v) is 17.2. The Morgan fingerprint density at radius 1 is 0.432 bits per heavy atom. The second-order valence-electron chi connectivity index (χ2n) is 24.7. The lowest BCUT2D eigenvalue weighted by atomic mass is 9.97. The van der Waals surface area contributed by atoms with Gasteiger partial charge in [-0.25, -0.2) is 0 Å². The fourth-order valence-electron chi connectivity index (χ4n) is 11.7. The van der Waals surface area contributed by atoms with Crippen molar-refractivity contribution in [3.8, 4) is 0 Å². The van der Waals surface area contributed by atoms with Crippen molar-refractivity contribution in [2.24, 2.45) is 0 Å². The number of nitrogens with one attached hydrogen (secondary N) is 1. The van der Waals surface area contributed by atoms with Crippen LogP contribution in [0.2, 0.25) is 0 Å². The van der Waals surface area contributed by atoms with Crippen LogP contribution in [0.5, 0.6) is 0 Å². The van der Waals surface area contributed by atoms with Crippen LogP contribution >= 0.6 is 0 Å². The molecule has 2 heterocycles. The number of hydrogen-bond donors (Lipinski definition) is 9. The number of unbranched alkanes of at least 4 members (excludes halogenated alkanes) is 44. The first kappa shape index (κ1) is 75.8.